The fourth-order valence-corrected chi connectivity index (χ4v) is 13.0. The predicted molar refractivity (Wildman–Crippen MR) is 203 cm³/mol. The van der Waals surface area contributed by atoms with E-state index in [1.165, 1.54) is 57.5 Å². The maximum atomic E-state index is 15.2. The normalized spacial score (nSPS) is 12.2. The number of fused-ring (bicyclic) bond motifs is 5. The molecule has 6 aromatic heterocycles. The molecule has 0 saturated carbocycles. The molecule has 48 heavy (non-hydrogen) atoms. The Morgan fingerprint density at radius 1 is 0.333 bits per heavy atom. The smallest absolute Gasteiger partial charge is 0.150 e. The van der Waals surface area contributed by atoms with E-state index in [-0.39, 0.29) is 11.6 Å². The Balaban J connectivity index is 1.01. The molecular weight excluding hydrogens is 725 g/mol. The van der Waals surface area contributed by atoms with Crippen LogP contribution in [0.3, 0.4) is 0 Å². The lowest BCUT2D eigenvalue weighted by atomic mass is 10.1. The van der Waals surface area contributed by atoms with E-state index in [2.05, 4.69) is 36.4 Å². The van der Waals surface area contributed by atoms with Gasteiger partial charge >= 0.3 is 0 Å². The zero-order valence-electron chi connectivity index (χ0n) is 24.2. The van der Waals surface area contributed by atoms with Crippen molar-refractivity contribution in [2.75, 3.05) is 0 Å². The van der Waals surface area contributed by atoms with E-state index in [9.17, 15) is 0 Å². The van der Waals surface area contributed by atoms with E-state index in [4.69, 9.17) is 0 Å². The minimum Gasteiger partial charge on any atom is -0.205 e. The van der Waals surface area contributed by atoms with Gasteiger partial charge in [-0.1, -0.05) is 36.4 Å². The van der Waals surface area contributed by atoms with Crippen LogP contribution in [0.25, 0.3) is 90.1 Å². The zero-order valence-corrected chi connectivity index (χ0v) is 29.1. The van der Waals surface area contributed by atoms with Gasteiger partial charge in [0.1, 0.15) is 11.6 Å². The first-order chi connectivity index (χ1) is 23.4. The highest BCUT2D eigenvalue weighted by Crippen LogP contribution is 2.49. The van der Waals surface area contributed by atoms with Crippen LogP contribution in [0.1, 0.15) is 0 Å². The molecule has 0 bridgehead atoms. The first kappa shape index (κ1) is 29.1. The number of benzene rings is 4. The van der Waals surface area contributed by atoms with Crippen molar-refractivity contribution in [3.63, 3.8) is 0 Å². The van der Waals surface area contributed by atoms with Crippen molar-refractivity contribution in [2.45, 2.75) is 0 Å². The van der Waals surface area contributed by atoms with Crippen LogP contribution in [0.2, 0.25) is 0 Å². The Kier molecular flexibility index (Phi) is 6.54. The molecule has 10 heteroatoms. The maximum absolute atomic E-state index is 15.2. The number of hydrogen-bond acceptors (Lipinski definition) is 6. The molecule has 0 nitrogen and oxygen atoms in total. The summed E-state index contributed by atoms with van der Waals surface area (Å²) in [5, 5.41) is 5.28. The Morgan fingerprint density at radius 3 is 1.19 bits per heavy atom. The fourth-order valence-electron chi connectivity index (χ4n) is 6.18. The summed E-state index contributed by atoms with van der Waals surface area (Å²) < 4.78 is 64.7. The van der Waals surface area contributed by atoms with Crippen LogP contribution >= 0.6 is 68.0 Å². The molecule has 0 fully saturated rings. The summed E-state index contributed by atoms with van der Waals surface area (Å²) in [6.45, 7) is 0. The maximum Gasteiger partial charge on any atom is 0.150 e. The molecule has 0 amide bonds. The van der Waals surface area contributed by atoms with Crippen LogP contribution in [0, 0.1) is 23.3 Å². The van der Waals surface area contributed by atoms with E-state index in [0.717, 1.165) is 59.9 Å². The summed E-state index contributed by atoms with van der Waals surface area (Å²) in [6.07, 6.45) is 0. The van der Waals surface area contributed by atoms with Crippen molar-refractivity contribution in [2.24, 2.45) is 0 Å². The topological polar surface area (TPSA) is 0 Å². The van der Waals surface area contributed by atoms with Crippen LogP contribution in [0.5, 0.6) is 0 Å². The lowest BCUT2D eigenvalue weighted by Gasteiger charge is -1.99. The van der Waals surface area contributed by atoms with E-state index >= 15 is 17.6 Å². The third kappa shape index (κ3) is 4.47. The van der Waals surface area contributed by atoms with E-state index in [1.54, 1.807) is 46.9 Å². The van der Waals surface area contributed by atoms with E-state index in [0.29, 0.717) is 30.3 Å². The lowest BCUT2D eigenvalue weighted by Crippen LogP contribution is -1.75. The molecule has 0 aliphatic rings. The largest absolute Gasteiger partial charge is 0.205 e. The molecule has 4 aromatic carbocycles. The SMILES string of the molecule is Fc1cc(-c2cc3cc4cc5sc(-c6cc(F)c(-c7sc8ccccc8c7F)s6)cc5cc4cc3s2)sc1-c1sc2ccccc2c1F. The standard InChI is InChI=1S/C38H16F4S6/c39-23-15-31(47-35(23)37-33(41)21-5-1-3-7-25(21)45-37)29-13-19-9-17-12-28-20(10-18(17)11-27(19)43-29)14-30(44-28)32-16-24(40)36(48-32)38-34(42)22-6-2-4-8-26(22)46-38/h1-16H. The molecule has 0 atom stereocenters. The van der Waals surface area contributed by atoms with Crippen molar-refractivity contribution in [3.8, 4) is 39.0 Å². The van der Waals surface area contributed by atoms with Crippen LogP contribution in [0.15, 0.2) is 97.1 Å². The van der Waals surface area contributed by atoms with Crippen molar-refractivity contribution < 1.29 is 17.6 Å². The van der Waals surface area contributed by atoms with Gasteiger partial charge in [-0.3, -0.25) is 0 Å². The summed E-state index contributed by atoms with van der Waals surface area (Å²) in [5.74, 6) is -1.57. The molecule has 10 aromatic rings. The van der Waals surface area contributed by atoms with E-state index < -0.39 is 11.6 Å². The summed E-state index contributed by atoms with van der Waals surface area (Å²) in [7, 11) is 0. The monoisotopic (exact) mass is 740 g/mol. The summed E-state index contributed by atoms with van der Waals surface area (Å²) in [5.41, 5.74) is 0. The van der Waals surface area contributed by atoms with Crippen LogP contribution in [-0.2, 0) is 0 Å². The van der Waals surface area contributed by atoms with Gasteiger partial charge in [-0.05, 0) is 82.2 Å². The molecule has 0 unspecified atom stereocenters. The quantitative estimate of drug-likeness (QED) is 0.158. The molecule has 0 spiro atoms. The number of thiophene rings is 6. The van der Waals surface area contributed by atoms with Gasteiger partial charge in [0.15, 0.2) is 11.6 Å². The minimum absolute atomic E-state index is 0.328. The molecule has 0 N–H and O–H groups in total. The predicted octanol–water partition coefficient (Wildman–Crippen LogP) is 15.0. The zero-order chi connectivity index (χ0) is 32.3. The average molecular weight is 741 g/mol. The van der Waals surface area contributed by atoms with Gasteiger partial charge in [0.2, 0.25) is 0 Å². The highest BCUT2D eigenvalue weighted by atomic mass is 32.1. The molecule has 0 saturated heterocycles. The van der Waals surface area contributed by atoms with Crippen molar-refractivity contribution in [1.29, 1.82) is 0 Å². The summed E-state index contributed by atoms with van der Waals surface area (Å²) in [4.78, 5) is 4.75. The van der Waals surface area contributed by atoms with Crippen LogP contribution < -0.4 is 0 Å². The van der Waals surface area contributed by atoms with Crippen LogP contribution in [0.4, 0.5) is 17.6 Å². The van der Waals surface area contributed by atoms with Gasteiger partial charge < -0.3 is 0 Å². The van der Waals surface area contributed by atoms with Crippen molar-refractivity contribution in [1.82, 2.24) is 0 Å². The molecular formula is C38H16F4S6. The second-order valence-electron chi connectivity index (χ2n) is 11.4. The van der Waals surface area contributed by atoms with E-state index in [1.807, 2.05) is 24.3 Å². The van der Waals surface area contributed by atoms with Gasteiger partial charge in [0.05, 0.1) is 19.5 Å². The van der Waals surface area contributed by atoms with Crippen molar-refractivity contribution >= 4 is 119 Å². The Bertz CT molecular complexity index is 2650. The third-order valence-corrected chi connectivity index (χ3v) is 15.9. The summed E-state index contributed by atoms with van der Waals surface area (Å²) in [6, 6.07) is 30.2. The highest BCUT2D eigenvalue weighted by molar-refractivity contribution is 7.30. The molecule has 0 aliphatic carbocycles. The fraction of sp³-hybridized carbons (Fsp3) is 0. The Morgan fingerprint density at radius 2 is 0.750 bits per heavy atom. The second-order valence-corrected chi connectivity index (χ2v) is 17.8. The molecule has 0 aliphatic heterocycles. The van der Waals surface area contributed by atoms with Crippen molar-refractivity contribution in [3.05, 3.63) is 120 Å². The van der Waals surface area contributed by atoms with Gasteiger partial charge in [-0.25, -0.2) is 17.6 Å². The molecule has 10 rings (SSSR count). The number of rotatable bonds is 4. The summed E-state index contributed by atoms with van der Waals surface area (Å²) >= 11 is 8.30. The third-order valence-electron chi connectivity index (χ3n) is 8.45. The second kappa shape index (κ2) is 10.8. The number of halogens is 4. The minimum atomic E-state index is -0.411. The average Bonchev–Trinajstić information content (AvgIpc) is 3.93. The molecule has 6 heterocycles. The first-order valence-electron chi connectivity index (χ1n) is 14.7. The Hall–Kier alpha value is -3.90. The molecule has 0 radical (unpaired) electrons. The Labute approximate surface area is 294 Å². The lowest BCUT2D eigenvalue weighted by molar-refractivity contribution is 0.628. The van der Waals surface area contributed by atoms with Gasteiger partial charge in [-0.15, -0.1) is 68.0 Å². The number of hydrogen-bond donors (Lipinski definition) is 0. The van der Waals surface area contributed by atoms with Gasteiger partial charge in [0, 0.05) is 49.1 Å². The molecule has 232 valence electrons. The highest BCUT2D eigenvalue weighted by Gasteiger charge is 2.23. The first-order valence-corrected chi connectivity index (χ1v) is 19.6. The van der Waals surface area contributed by atoms with Gasteiger partial charge in [-0.2, -0.15) is 0 Å². The van der Waals surface area contributed by atoms with Gasteiger partial charge in [0.25, 0.3) is 0 Å². The van der Waals surface area contributed by atoms with Crippen LogP contribution in [-0.4, -0.2) is 0 Å².